The van der Waals surface area contributed by atoms with Gasteiger partial charge in [0.15, 0.2) is 5.82 Å². The van der Waals surface area contributed by atoms with Crippen LogP contribution < -0.4 is 9.47 Å². The van der Waals surface area contributed by atoms with Crippen molar-refractivity contribution in [3.8, 4) is 11.5 Å². The number of nitrogens with one attached hydrogen (secondary N) is 1. The highest BCUT2D eigenvalue weighted by atomic mass is 16.5. The van der Waals surface area contributed by atoms with Gasteiger partial charge in [-0.05, 0) is 51.9 Å². The molecule has 7 nitrogen and oxygen atoms in total. The van der Waals surface area contributed by atoms with E-state index in [0.29, 0.717) is 19.0 Å². The maximum atomic E-state index is 5.94. The number of H-pyrrole nitrogens is 1. The summed E-state index contributed by atoms with van der Waals surface area (Å²) in [7, 11) is 0. The zero-order valence-corrected chi connectivity index (χ0v) is 17.3. The van der Waals surface area contributed by atoms with Gasteiger partial charge in [0.2, 0.25) is 0 Å². The molecule has 158 valence electrons. The number of hydrogen-bond donors (Lipinski definition) is 1. The van der Waals surface area contributed by atoms with Crippen molar-refractivity contribution in [2.45, 2.75) is 19.6 Å². The Morgan fingerprint density at radius 2 is 1.59 bits per heavy atom. The van der Waals surface area contributed by atoms with Crippen molar-refractivity contribution < 1.29 is 9.47 Å². The van der Waals surface area contributed by atoms with Crippen molar-refractivity contribution >= 4 is 10.9 Å². The molecule has 0 spiro atoms. The van der Waals surface area contributed by atoms with E-state index in [9.17, 15) is 0 Å². The molecule has 1 N–H and O–H groups in total. The Morgan fingerprint density at radius 3 is 2.47 bits per heavy atom. The third kappa shape index (κ3) is 4.73. The standard InChI is InChI=1S/C25H21N5O2/c1-3-7-23-19(5-1)11-12-21(26-23)16-31-22-13-9-18(10-14-22)15-20-6-2-4-8-24(20)32-17-25-27-29-30-28-25/h1-14H,15-17H2,(H,27,28,29,30). The molecule has 32 heavy (non-hydrogen) atoms. The lowest BCUT2D eigenvalue weighted by molar-refractivity contribution is 0.293. The van der Waals surface area contributed by atoms with Gasteiger partial charge in [0.25, 0.3) is 0 Å². The SMILES string of the molecule is c1ccc(OCc2nnn[nH]2)c(Cc2ccc(OCc3ccc4ccccc4n3)cc2)c1. The number of aromatic nitrogens is 5. The average molecular weight is 423 g/mol. The van der Waals surface area contributed by atoms with Crippen LogP contribution in [0.3, 0.4) is 0 Å². The maximum absolute atomic E-state index is 5.94. The molecule has 7 heteroatoms. The molecule has 2 aromatic heterocycles. The van der Waals surface area contributed by atoms with Crippen LogP contribution in [0.2, 0.25) is 0 Å². The quantitative estimate of drug-likeness (QED) is 0.396. The fourth-order valence-electron chi connectivity index (χ4n) is 3.45. The predicted molar refractivity (Wildman–Crippen MR) is 120 cm³/mol. The van der Waals surface area contributed by atoms with Crippen LogP contribution in [0.5, 0.6) is 11.5 Å². The lowest BCUT2D eigenvalue weighted by Gasteiger charge is -2.11. The maximum Gasteiger partial charge on any atom is 0.186 e. The molecule has 5 aromatic rings. The van der Waals surface area contributed by atoms with E-state index in [1.807, 2.05) is 54.6 Å². The minimum absolute atomic E-state index is 0.291. The third-order valence-electron chi connectivity index (χ3n) is 5.09. The smallest absolute Gasteiger partial charge is 0.186 e. The zero-order valence-electron chi connectivity index (χ0n) is 17.3. The van der Waals surface area contributed by atoms with Crippen LogP contribution in [0.25, 0.3) is 10.9 Å². The van der Waals surface area contributed by atoms with E-state index >= 15 is 0 Å². The number of rotatable bonds is 8. The molecule has 2 heterocycles. The summed E-state index contributed by atoms with van der Waals surface area (Å²) in [5.41, 5.74) is 4.14. The van der Waals surface area contributed by atoms with Crippen LogP contribution in [0, 0.1) is 0 Å². The molecule has 5 rings (SSSR count). The van der Waals surface area contributed by atoms with Gasteiger partial charge < -0.3 is 9.47 Å². The van der Waals surface area contributed by atoms with E-state index in [2.05, 4.69) is 55.9 Å². The molecule has 0 aliphatic carbocycles. The van der Waals surface area contributed by atoms with Crippen LogP contribution in [0.4, 0.5) is 0 Å². The number of para-hydroxylation sites is 2. The fraction of sp³-hybridized carbons (Fsp3) is 0.120. The second-order valence-electron chi connectivity index (χ2n) is 7.35. The summed E-state index contributed by atoms with van der Waals surface area (Å²) in [4.78, 5) is 4.66. The molecule has 0 atom stereocenters. The van der Waals surface area contributed by atoms with Gasteiger partial charge in [0, 0.05) is 11.8 Å². The number of hydrogen-bond acceptors (Lipinski definition) is 6. The van der Waals surface area contributed by atoms with Gasteiger partial charge in [0.1, 0.15) is 24.7 Å². The second-order valence-corrected chi connectivity index (χ2v) is 7.35. The molecule has 0 aliphatic rings. The normalized spacial score (nSPS) is 10.9. The Balaban J connectivity index is 1.21. The Hall–Kier alpha value is -4.26. The summed E-state index contributed by atoms with van der Waals surface area (Å²) in [6.45, 7) is 0.719. The Bertz CT molecular complexity index is 1300. The second kappa shape index (κ2) is 9.26. The summed E-state index contributed by atoms with van der Waals surface area (Å²) >= 11 is 0. The topological polar surface area (TPSA) is 85.8 Å². The van der Waals surface area contributed by atoms with Gasteiger partial charge in [-0.2, -0.15) is 0 Å². The zero-order chi connectivity index (χ0) is 21.6. The first-order valence-electron chi connectivity index (χ1n) is 10.3. The number of ether oxygens (including phenoxy) is 2. The highest BCUT2D eigenvalue weighted by molar-refractivity contribution is 5.78. The number of pyridine rings is 1. The molecule has 0 fully saturated rings. The average Bonchev–Trinajstić information content (AvgIpc) is 3.37. The van der Waals surface area contributed by atoms with E-state index < -0.39 is 0 Å². The van der Waals surface area contributed by atoms with Crippen LogP contribution in [0.1, 0.15) is 22.6 Å². The highest BCUT2D eigenvalue weighted by Crippen LogP contribution is 2.23. The van der Waals surface area contributed by atoms with Crippen molar-refractivity contribution in [2.24, 2.45) is 0 Å². The van der Waals surface area contributed by atoms with E-state index in [1.165, 1.54) is 5.56 Å². The fourth-order valence-corrected chi connectivity index (χ4v) is 3.45. The number of benzene rings is 3. The molecule has 0 radical (unpaired) electrons. The van der Waals surface area contributed by atoms with Crippen molar-refractivity contribution in [1.82, 2.24) is 25.6 Å². The Kier molecular flexibility index (Phi) is 5.70. The first-order valence-corrected chi connectivity index (χ1v) is 10.3. The lowest BCUT2D eigenvalue weighted by Crippen LogP contribution is -2.01. The highest BCUT2D eigenvalue weighted by Gasteiger charge is 2.07. The van der Waals surface area contributed by atoms with Crippen LogP contribution >= 0.6 is 0 Å². The van der Waals surface area contributed by atoms with Gasteiger partial charge in [-0.3, -0.25) is 0 Å². The number of aromatic amines is 1. The van der Waals surface area contributed by atoms with E-state index in [-0.39, 0.29) is 0 Å². The summed E-state index contributed by atoms with van der Waals surface area (Å²) in [6.07, 6.45) is 0.747. The Labute approximate surface area is 185 Å². The first-order chi connectivity index (χ1) is 15.8. The summed E-state index contributed by atoms with van der Waals surface area (Å²) in [6, 6.07) is 28.2. The number of tetrazole rings is 1. The van der Waals surface area contributed by atoms with Gasteiger partial charge in [-0.15, -0.1) is 5.10 Å². The van der Waals surface area contributed by atoms with Gasteiger partial charge in [0.05, 0.1) is 11.2 Å². The van der Waals surface area contributed by atoms with Gasteiger partial charge in [-0.25, -0.2) is 10.1 Å². The van der Waals surface area contributed by atoms with Gasteiger partial charge >= 0.3 is 0 Å². The van der Waals surface area contributed by atoms with Crippen molar-refractivity contribution in [3.63, 3.8) is 0 Å². The lowest BCUT2D eigenvalue weighted by atomic mass is 10.0. The molecule has 0 unspecified atom stereocenters. The summed E-state index contributed by atoms with van der Waals surface area (Å²) in [5.74, 6) is 2.21. The van der Waals surface area contributed by atoms with E-state index in [0.717, 1.165) is 40.1 Å². The minimum Gasteiger partial charge on any atom is -0.487 e. The number of nitrogens with zero attached hydrogens (tertiary/aromatic N) is 4. The largest absolute Gasteiger partial charge is 0.487 e. The van der Waals surface area contributed by atoms with Crippen LogP contribution in [-0.2, 0) is 19.6 Å². The molecule has 0 aliphatic heterocycles. The van der Waals surface area contributed by atoms with Crippen LogP contribution in [0.15, 0.2) is 84.9 Å². The number of fused-ring (bicyclic) bond motifs is 1. The summed E-state index contributed by atoms with van der Waals surface area (Å²) in [5, 5.41) is 14.8. The Morgan fingerprint density at radius 1 is 0.750 bits per heavy atom. The predicted octanol–water partition coefficient (Wildman–Crippen LogP) is 4.50. The van der Waals surface area contributed by atoms with Crippen LogP contribution in [-0.4, -0.2) is 25.6 Å². The summed E-state index contributed by atoms with van der Waals surface area (Å²) < 4.78 is 11.8. The van der Waals surface area contributed by atoms with Crippen molar-refractivity contribution in [2.75, 3.05) is 0 Å². The molecule has 0 saturated carbocycles. The molecule has 0 amide bonds. The van der Waals surface area contributed by atoms with E-state index in [1.54, 1.807) is 0 Å². The van der Waals surface area contributed by atoms with Crippen molar-refractivity contribution in [1.29, 1.82) is 0 Å². The molecular weight excluding hydrogens is 402 g/mol. The van der Waals surface area contributed by atoms with E-state index in [4.69, 9.17) is 9.47 Å². The minimum atomic E-state index is 0.291. The monoisotopic (exact) mass is 423 g/mol. The van der Waals surface area contributed by atoms with Crippen molar-refractivity contribution in [3.05, 3.63) is 108 Å². The molecule has 3 aromatic carbocycles. The molecular formula is C25H21N5O2. The molecule has 0 saturated heterocycles. The third-order valence-corrected chi connectivity index (χ3v) is 5.09. The first kappa shape index (κ1) is 19.7. The molecule has 0 bridgehead atoms. The van der Waals surface area contributed by atoms with Gasteiger partial charge in [-0.1, -0.05) is 54.6 Å².